The van der Waals surface area contributed by atoms with Crippen molar-refractivity contribution in [1.29, 1.82) is 0 Å². The van der Waals surface area contributed by atoms with E-state index in [0.717, 1.165) is 16.8 Å². The Kier molecular flexibility index (Phi) is 3.94. The molecule has 0 saturated carbocycles. The van der Waals surface area contributed by atoms with Crippen LogP contribution in [-0.2, 0) is 5.41 Å². The van der Waals surface area contributed by atoms with E-state index >= 15 is 0 Å². The highest BCUT2D eigenvalue weighted by Crippen LogP contribution is 2.27. The molecule has 1 heterocycles. The maximum absolute atomic E-state index is 12.1. The maximum atomic E-state index is 12.1. The van der Waals surface area contributed by atoms with Crippen molar-refractivity contribution in [3.8, 4) is 16.9 Å². The number of hydrogen-bond acceptors (Lipinski definition) is 2. The first-order valence-electron chi connectivity index (χ1n) is 6.48. The van der Waals surface area contributed by atoms with Gasteiger partial charge in [0, 0.05) is 22.9 Å². The van der Waals surface area contributed by atoms with Crippen LogP contribution in [0.3, 0.4) is 0 Å². The van der Waals surface area contributed by atoms with E-state index in [-0.39, 0.29) is 11.2 Å². The van der Waals surface area contributed by atoms with E-state index in [1.165, 1.54) is 12.1 Å². The SMILES string of the molecule is CC(C)(C)c1ccc(-c2ccc(OC(F)(F)F)cc2)cn1. The molecule has 0 atom stereocenters. The molecule has 0 radical (unpaired) electrons. The number of rotatable bonds is 2. The van der Waals surface area contributed by atoms with Crippen LogP contribution >= 0.6 is 0 Å². The maximum Gasteiger partial charge on any atom is 0.573 e. The third-order valence-electron chi connectivity index (χ3n) is 2.95. The Bertz CT molecular complexity index is 595. The van der Waals surface area contributed by atoms with E-state index in [9.17, 15) is 13.2 Å². The summed E-state index contributed by atoms with van der Waals surface area (Å²) in [5.74, 6) is -0.231. The smallest absolute Gasteiger partial charge is 0.406 e. The van der Waals surface area contributed by atoms with Crippen LogP contribution in [0.2, 0.25) is 0 Å². The molecule has 0 aliphatic rings. The summed E-state index contributed by atoms with van der Waals surface area (Å²) in [4.78, 5) is 4.40. The van der Waals surface area contributed by atoms with E-state index in [4.69, 9.17) is 0 Å². The van der Waals surface area contributed by atoms with Gasteiger partial charge in [0.15, 0.2) is 0 Å². The normalized spacial score (nSPS) is 12.3. The molecule has 0 fully saturated rings. The quantitative estimate of drug-likeness (QED) is 0.782. The first kappa shape index (κ1) is 15.4. The fourth-order valence-corrected chi connectivity index (χ4v) is 1.86. The average molecular weight is 295 g/mol. The van der Waals surface area contributed by atoms with Crippen LogP contribution < -0.4 is 4.74 Å². The van der Waals surface area contributed by atoms with Crippen molar-refractivity contribution in [2.45, 2.75) is 32.5 Å². The molecule has 2 nitrogen and oxygen atoms in total. The Morgan fingerprint density at radius 3 is 1.86 bits per heavy atom. The first-order chi connectivity index (χ1) is 9.65. The van der Waals surface area contributed by atoms with Gasteiger partial charge < -0.3 is 4.74 Å². The second-order valence-corrected chi connectivity index (χ2v) is 5.75. The first-order valence-corrected chi connectivity index (χ1v) is 6.48. The Balaban J connectivity index is 2.19. The zero-order valence-electron chi connectivity index (χ0n) is 12.0. The number of aromatic nitrogens is 1. The lowest BCUT2D eigenvalue weighted by molar-refractivity contribution is -0.274. The standard InChI is InChI=1S/C16H16F3NO/c1-15(2,3)14-9-6-12(10-20-14)11-4-7-13(8-5-11)21-16(17,18)19/h4-10H,1-3H3. The van der Waals surface area contributed by atoms with Gasteiger partial charge in [-0.1, -0.05) is 39.0 Å². The number of pyridine rings is 1. The molecular weight excluding hydrogens is 279 g/mol. The third kappa shape index (κ3) is 4.21. The van der Waals surface area contributed by atoms with Gasteiger partial charge in [-0.3, -0.25) is 4.98 Å². The summed E-state index contributed by atoms with van der Waals surface area (Å²) in [7, 11) is 0. The van der Waals surface area contributed by atoms with Gasteiger partial charge in [-0.25, -0.2) is 0 Å². The van der Waals surface area contributed by atoms with Crippen LogP contribution in [0.15, 0.2) is 42.6 Å². The largest absolute Gasteiger partial charge is 0.573 e. The molecule has 1 aromatic carbocycles. The van der Waals surface area contributed by atoms with Crippen LogP contribution in [0.25, 0.3) is 11.1 Å². The van der Waals surface area contributed by atoms with Crippen LogP contribution in [0.4, 0.5) is 13.2 Å². The van der Waals surface area contributed by atoms with Gasteiger partial charge in [-0.15, -0.1) is 13.2 Å². The Labute approximate surface area is 121 Å². The number of benzene rings is 1. The summed E-state index contributed by atoms with van der Waals surface area (Å²) in [6, 6.07) is 9.58. The summed E-state index contributed by atoms with van der Waals surface area (Å²) in [6.45, 7) is 6.20. The lowest BCUT2D eigenvalue weighted by atomic mass is 9.91. The molecule has 0 aliphatic heterocycles. The number of alkyl halides is 3. The fourth-order valence-electron chi connectivity index (χ4n) is 1.86. The van der Waals surface area contributed by atoms with Crippen molar-refractivity contribution >= 4 is 0 Å². The van der Waals surface area contributed by atoms with E-state index in [1.807, 2.05) is 12.1 Å². The van der Waals surface area contributed by atoms with Gasteiger partial charge in [0.05, 0.1) is 0 Å². The molecule has 0 aliphatic carbocycles. The molecule has 2 rings (SSSR count). The molecular formula is C16H16F3NO. The highest BCUT2D eigenvalue weighted by atomic mass is 19.4. The second-order valence-electron chi connectivity index (χ2n) is 5.75. The second kappa shape index (κ2) is 5.39. The predicted molar refractivity (Wildman–Crippen MR) is 75.1 cm³/mol. The molecule has 112 valence electrons. The van der Waals surface area contributed by atoms with Crippen molar-refractivity contribution in [2.24, 2.45) is 0 Å². The molecule has 21 heavy (non-hydrogen) atoms. The number of halogens is 3. The van der Waals surface area contributed by atoms with Gasteiger partial charge in [-0.05, 0) is 23.8 Å². The molecule has 0 bridgehead atoms. The summed E-state index contributed by atoms with van der Waals surface area (Å²) >= 11 is 0. The molecule has 5 heteroatoms. The van der Waals surface area contributed by atoms with E-state index in [2.05, 4.69) is 30.5 Å². The van der Waals surface area contributed by atoms with Gasteiger partial charge in [0.2, 0.25) is 0 Å². The molecule has 0 N–H and O–H groups in total. The number of hydrogen-bond donors (Lipinski definition) is 0. The summed E-state index contributed by atoms with van der Waals surface area (Å²) in [6.07, 6.45) is -2.95. The van der Waals surface area contributed by atoms with Gasteiger partial charge in [-0.2, -0.15) is 0 Å². The monoisotopic (exact) mass is 295 g/mol. The van der Waals surface area contributed by atoms with E-state index in [1.54, 1.807) is 18.3 Å². The Morgan fingerprint density at radius 2 is 1.43 bits per heavy atom. The van der Waals surface area contributed by atoms with Crippen molar-refractivity contribution in [3.63, 3.8) is 0 Å². The molecule has 0 saturated heterocycles. The zero-order valence-corrected chi connectivity index (χ0v) is 12.0. The number of ether oxygens (including phenoxy) is 1. The Morgan fingerprint density at radius 1 is 0.857 bits per heavy atom. The van der Waals surface area contributed by atoms with Crippen LogP contribution in [0.5, 0.6) is 5.75 Å². The highest BCUT2D eigenvalue weighted by molar-refractivity contribution is 5.63. The minimum Gasteiger partial charge on any atom is -0.406 e. The van der Waals surface area contributed by atoms with Crippen molar-refractivity contribution < 1.29 is 17.9 Å². The molecule has 1 aromatic heterocycles. The predicted octanol–water partition coefficient (Wildman–Crippen LogP) is 4.94. The van der Waals surface area contributed by atoms with E-state index in [0.29, 0.717) is 0 Å². The Hall–Kier alpha value is -2.04. The van der Waals surface area contributed by atoms with Crippen LogP contribution in [0.1, 0.15) is 26.5 Å². The lowest BCUT2D eigenvalue weighted by Gasteiger charge is -2.17. The minimum atomic E-state index is -4.67. The molecule has 0 amide bonds. The number of nitrogens with zero attached hydrogens (tertiary/aromatic N) is 1. The zero-order chi connectivity index (χ0) is 15.7. The molecule has 0 unspecified atom stereocenters. The average Bonchev–Trinajstić information content (AvgIpc) is 2.37. The van der Waals surface area contributed by atoms with E-state index < -0.39 is 6.36 Å². The lowest BCUT2D eigenvalue weighted by Crippen LogP contribution is -2.16. The van der Waals surface area contributed by atoms with Gasteiger partial charge >= 0.3 is 6.36 Å². The topological polar surface area (TPSA) is 22.1 Å². The minimum absolute atomic E-state index is 0.0388. The third-order valence-corrected chi connectivity index (χ3v) is 2.95. The van der Waals surface area contributed by atoms with Crippen molar-refractivity contribution in [2.75, 3.05) is 0 Å². The summed E-state index contributed by atoms with van der Waals surface area (Å²) in [5.41, 5.74) is 2.56. The summed E-state index contributed by atoms with van der Waals surface area (Å²) in [5, 5.41) is 0. The highest BCUT2D eigenvalue weighted by Gasteiger charge is 2.30. The van der Waals surface area contributed by atoms with Gasteiger partial charge in [0.1, 0.15) is 5.75 Å². The summed E-state index contributed by atoms with van der Waals surface area (Å²) < 4.78 is 40.1. The van der Waals surface area contributed by atoms with Crippen molar-refractivity contribution in [1.82, 2.24) is 4.98 Å². The van der Waals surface area contributed by atoms with Crippen LogP contribution in [0, 0.1) is 0 Å². The molecule has 0 spiro atoms. The van der Waals surface area contributed by atoms with Gasteiger partial charge in [0.25, 0.3) is 0 Å². The molecule has 2 aromatic rings. The van der Waals surface area contributed by atoms with Crippen LogP contribution in [-0.4, -0.2) is 11.3 Å². The fraction of sp³-hybridized carbons (Fsp3) is 0.312. The van der Waals surface area contributed by atoms with Crippen molar-refractivity contribution in [3.05, 3.63) is 48.3 Å².